The third kappa shape index (κ3) is 3.20. The Hall–Kier alpha value is -1.09. The second-order valence-corrected chi connectivity index (χ2v) is 5.95. The summed E-state index contributed by atoms with van der Waals surface area (Å²) >= 11 is 0. The SMILES string of the molecule is CN(C(=O)CCC#N)C1CCS(=O)(=O)C1. The van der Waals surface area contributed by atoms with Crippen molar-refractivity contribution in [1.82, 2.24) is 4.90 Å². The molecular weight excluding hydrogens is 216 g/mol. The fourth-order valence-electron chi connectivity index (χ4n) is 1.62. The van der Waals surface area contributed by atoms with Crippen LogP contribution in [0.5, 0.6) is 0 Å². The Balaban J connectivity index is 2.52. The van der Waals surface area contributed by atoms with E-state index in [9.17, 15) is 13.2 Å². The number of sulfone groups is 1. The third-order valence-electron chi connectivity index (χ3n) is 2.60. The minimum absolute atomic E-state index is 0.0573. The number of hydrogen-bond acceptors (Lipinski definition) is 4. The van der Waals surface area contributed by atoms with E-state index in [1.807, 2.05) is 6.07 Å². The lowest BCUT2D eigenvalue weighted by Gasteiger charge is -2.22. The zero-order valence-corrected chi connectivity index (χ0v) is 9.46. The zero-order chi connectivity index (χ0) is 11.5. The van der Waals surface area contributed by atoms with E-state index in [4.69, 9.17) is 5.26 Å². The zero-order valence-electron chi connectivity index (χ0n) is 8.64. The number of carbonyl (C=O) groups excluding carboxylic acids is 1. The maximum atomic E-state index is 11.5. The highest BCUT2D eigenvalue weighted by Gasteiger charge is 2.32. The lowest BCUT2D eigenvalue weighted by molar-refractivity contribution is -0.131. The molecule has 0 N–H and O–H groups in total. The van der Waals surface area contributed by atoms with Gasteiger partial charge in [-0.1, -0.05) is 0 Å². The average Bonchev–Trinajstić information content (AvgIpc) is 2.54. The van der Waals surface area contributed by atoms with Gasteiger partial charge in [0.25, 0.3) is 0 Å². The molecule has 15 heavy (non-hydrogen) atoms. The molecule has 1 rings (SSSR count). The van der Waals surface area contributed by atoms with Gasteiger partial charge >= 0.3 is 0 Å². The van der Waals surface area contributed by atoms with Crippen LogP contribution in [-0.4, -0.2) is 43.8 Å². The summed E-state index contributed by atoms with van der Waals surface area (Å²) in [5.41, 5.74) is 0. The molecule has 0 aromatic rings. The monoisotopic (exact) mass is 230 g/mol. The maximum absolute atomic E-state index is 11.5. The Bertz CT molecular complexity index is 383. The van der Waals surface area contributed by atoms with Crippen LogP contribution in [0.2, 0.25) is 0 Å². The molecule has 1 atom stereocenters. The lowest BCUT2D eigenvalue weighted by atomic mass is 10.2. The van der Waals surface area contributed by atoms with Gasteiger partial charge in [-0.25, -0.2) is 8.42 Å². The maximum Gasteiger partial charge on any atom is 0.223 e. The van der Waals surface area contributed by atoms with Crippen LogP contribution in [0.3, 0.4) is 0 Å². The van der Waals surface area contributed by atoms with Crippen molar-refractivity contribution in [2.45, 2.75) is 25.3 Å². The second-order valence-electron chi connectivity index (χ2n) is 3.72. The van der Waals surface area contributed by atoms with Crippen LogP contribution >= 0.6 is 0 Å². The highest BCUT2D eigenvalue weighted by Crippen LogP contribution is 2.17. The molecule has 1 unspecified atom stereocenters. The van der Waals surface area contributed by atoms with E-state index in [0.717, 1.165) is 0 Å². The van der Waals surface area contributed by atoms with Crippen molar-refractivity contribution in [3.05, 3.63) is 0 Å². The van der Waals surface area contributed by atoms with Crippen molar-refractivity contribution in [3.63, 3.8) is 0 Å². The minimum Gasteiger partial charge on any atom is -0.342 e. The van der Waals surface area contributed by atoms with Crippen molar-refractivity contribution in [2.24, 2.45) is 0 Å². The molecule has 1 fully saturated rings. The molecule has 6 heteroatoms. The van der Waals surface area contributed by atoms with E-state index < -0.39 is 9.84 Å². The highest BCUT2D eigenvalue weighted by atomic mass is 32.2. The molecule has 0 radical (unpaired) electrons. The van der Waals surface area contributed by atoms with Gasteiger partial charge in [0.2, 0.25) is 5.91 Å². The van der Waals surface area contributed by atoms with Gasteiger partial charge in [0.1, 0.15) is 0 Å². The Morgan fingerprint density at radius 3 is 2.73 bits per heavy atom. The molecule has 0 spiro atoms. The van der Waals surface area contributed by atoms with Crippen LogP contribution in [0.4, 0.5) is 0 Å². The van der Waals surface area contributed by atoms with Crippen LogP contribution < -0.4 is 0 Å². The Morgan fingerprint density at radius 1 is 1.60 bits per heavy atom. The summed E-state index contributed by atoms with van der Waals surface area (Å²) in [5.74, 6) is 0.0636. The van der Waals surface area contributed by atoms with Gasteiger partial charge in [-0.05, 0) is 6.42 Å². The molecule has 0 bridgehead atoms. The normalized spacial score (nSPS) is 23.3. The molecule has 0 saturated carbocycles. The van der Waals surface area contributed by atoms with E-state index in [1.165, 1.54) is 4.90 Å². The Morgan fingerprint density at radius 2 is 2.27 bits per heavy atom. The van der Waals surface area contributed by atoms with Gasteiger partial charge in [0, 0.05) is 25.9 Å². The highest BCUT2D eigenvalue weighted by molar-refractivity contribution is 7.91. The number of nitriles is 1. The van der Waals surface area contributed by atoms with Crippen molar-refractivity contribution >= 4 is 15.7 Å². The van der Waals surface area contributed by atoms with Crippen molar-refractivity contribution in [2.75, 3.05) is 18.6 Å². The first kappa shape index (κ1) is 12.0. The summed E-state index contributed by atoms with van der Waals surface area (Å²) in [7, 11) is -1.35. The molecule has 1 aliphatic rings. The van der Waals surface area contributed by atoms with Crippen LogP contribution in [-0.2, 0) is 14.6 Å². The van der Waals surface area contributed by atoms with E-state index >= 15 is 0 Å². The van der Waals surface area contributed by atoms with E-state index in [1.54, 1.807) is 7.05 Å². The lowest BCUT2D eigenvalue weighted by Crippen LogP contribution is -2.37. The van der Waals surface area contributed by atoms with Gasteiger partial charge in [-0.15, -0.1) is 0 Å². The van der Waals surface area contributed by atoms with Crippen molar-refractivity contribution in [3.8, 4) is 6.07 Å². The first-order valence-corrected chi connectivity index (χ1v) is 6.61. The van der Waals surface area contributed by atoms with Gasteiger partial charge in [0.05, 0.1) is 17.6 Å². The number of rotatable bonds is 3. The average molecular weight is 230 g/mol. The van der Waals surface area contributed by atoms with E-state index in [0.29, 0.717) is 6.42 Å². The largest absolute Gasteiger partial charge is 0.342 e. The van der Waals surface area contributed by atoms with Gasteiger partial charge in [-0.2, -0.15) is 5.26 Å². The van der Waals surface area contributed by atoms with Crippen molar-refractivity contribution < 1.29 is 13.2 Å². The van der Waals surface area contributed by atoms with E-state index in [-0.39, 0.29) is 36.3 Å². The Kier molecular flexibility index (Phi) is 3.69. The summed E-state index contributed by atoms with van der Waals surface area (Å²) in [6, 6.07) is 1.69. The summed E-state index contributed by atoms with van der Waals surface area (Å²) in [5, 5.41) is 8.33. The molecule has 1 saturated heterocycles. The molecule has 5 nitrogen and oxygen atoms in total. The predicted octanol–water partition coefficient (Wildman–Crippen LogP) is -0.0643. The number of hydrogen-bond donors (Lipinski definition) is 0. The molecule has 1 aliphatic heterocycles. The summed E-state index contributed by atoms with van der Waals surface area (Å²) < 4.78 is 22.4. The molecule has 0 aromatic heterocycles. The quantitative estimate of drug-likeness (QED) is 0.680. The van der Waals surface area contributed by atoms with Gasteiger partial charge in [0.15, 0.2) is 9.84 Å². The molecule has 1 amide bonds. The number of nitrogens with zero attached hydrogens (tertiary/aromatic N) is 2. The molecule has 0 aromatic carbocycles. The molecular formula is C9H14N2O3S. The van der Waals surface area contributed by atoms with E-state index in [2.05, 4.69) is 0 Å². The number of carbonyl (C=O) groups is 1. The summed E-state index contributed by atoms with van der Waals surface area (Å²) in [6.07, 6.45) is 0.864. The fraction of sp³-hybridized carbons (Fsp3) is 0.778. The van der Waals surface area contributed by atoms with Crippen LogP contribution in [0.25, 0.3) is 0 Å². The van der Waals surface area contributed by atoms with Crippen LogP contribution in [0, 0.1) is 11.3 Å². The van der Waals surface area contributed by atoms with Gasteiger partial charge in [-0.3, -0.25) is 4.79 Å². The Labute approximate surface area is 89.6 Å². The molecule has 0 aliphatic carbocycles. The summed E-state index contributed by atoms with van der Waals surface area (Å²) in [4.78, 5) is 12.9. The smallest absolute Gasteiger partial charge is 0.223 e. The number of amides is 1. The minimum atomic E-state index is -2.95. The predicted molar refractivity (Wildman–Crippen MR) is 54.7 cm³/mol. The van der Waals surface area contributed by atoms with Crippen LogP contribution in [0.1, 0.15) is 19.3 Å². The topological polar surface area (TPSA) is 78.2 Å². The summed E-state index contributed by atoms with van der Waals surface area (Å²) in [6.45, 7) is 0. The molecule has 1 heterocycles. The standard InChI is InChI=1S/C9H14N2O3S/c1-11(9(12)3-2-5-10)8-4-6-15(13,14)7-8/h8H,2-4,6-7H2,1H3. The second kappa shape index (κ2) is 4.62. The third-order valence-corrected chi connectivity index (χ3v) is 4.35. The fourth-order valence-corrected chi connectivity index (χ4v) is 3.40. The van der Waals surface area contributed by atoms with Gasteiger partial charge < -0.3 is 4.90 Å². The van der Waals surface area contributed by atoms with Crippen LogP contribution in [0.15, 0.2) is 0 Å². The van der Waals surface area contributed by atoms with Crippen molar-refractivity contribution in [1.29, 1.82) is 5.26 Å². The molecule has 84 valence electrons. The first-order valence-electron chi connectivity index (χ1n) is 4.79. The first-order chi connectivity index (χ1) is 6.96.